The molecule has 24 heavy (non-hydrogen) atoms. The van der Waals surface area contributed by atoms with Crippen molar-refractivity contribution < 1.29 is 22.7 Å². The molecular formula is C13H15F3IN5O2. The highest BCUT2D eigenvalue weighted by Gasteiger charge is 2.27. The predicted octanol–water partition coefficient (Wildman–Crippen LogP) is 2.56. The Balaban J connectivity index is 1.77. The fourth-order valence-corrected chi connectivity index (χ4v) is 2.24. The number of hydrogen-bond acceptors (Lipinski definition) is 4. The van der Waals surface area contributed by atoms with E-state index in [-0.39, 0.29) is 19.1 Å². The topological polar surface area (TPSA) is 74.0 Å². The van der Waals surface area contributed by atoms with Crippen LogP contribution in [-0.4, -0.2) is 38.3 Å². The maximum Gasteiger partial charge on any atom is 0.411 e. The van der Waals surface area contributed by atoms with Gasteiger partial charge in [0.05, 0.1) is 34.4 Å². The van der Waals surface area contributed by atoms with Crippen LogP contribution in [-0.2, 0) is 22.8 Å². The summed E-state index contributed by atoms with van der Waals surface area (Å²) in [5.74, 6) is -0.240. The molecule has 0 aliphatic carbocycles. The number of rotatable bonds is 7. The third kappa shape index (κ3) is 5.78. The molecule has 2 aromatic heterocycles. The van der Waals surface area contributed by atoms with Crippen molar-refractivity contribution in [1.29, 1.82) is 0 Å². The lowest BCUT2D eigenvalue weighted by atomic mass is 10.3. The Labute approximate surface area is 149 Å². The average Bonchev–Trinajstić information content (AvgIpc) is 3.04. The molecule has 0 aliphatic heterocycles. The second kappa shape index (κ2) is 7.96. The molecule has 0 saturated heterocycles. The summed E-state index contributed by atoms with van der Waals surface area (Å²) in [6.07, 6.45) is 0.299. The van der Waals surface area contributed by atoms with Crippen molar-refractivity contribution in [1.82, 2.24) is 19.6 Å². The summed E-state index contributed by atoms with van der Waals surface area (Å²) in [6.45, 7) is 0.651. The highest BCUT2D eigenvalue weighted by molar-refractivity contribution is 14.1. The monoisotopic (exact) mass is 457 g/mol. The van der Waals surface area contributed by atoms with Gasteiger partial charge in [0.2, 0.25) is 5.91 Å². The van der Waals surface area contributed by atoms with Gasteiger partial charge in [-0.05, 0) is 29.5 Å². The molecular weight excluding hydrogens is 442 g/mol. The van der Waals surface area contributed by atoms with Gasteiger partial charge < -0.3 is 10.1 Å². The van der Waals surface area contributed by atoms with Crippen LogP contribution < -0.4 is 5.32 Å². The van der Waals surface area contributed by atoms with Crippen molar-refractivity contribution >= 4 is 34.2 Å². The first-order valence-corrected chi connectivity index (χ1v) is 7.97. The van der Waals surface area contributed by atoms with Crippen LogP contribution in [0, 0.1) is 10.5 Å². The number of aryl methyl sites for hydroxylation is 1. The van der Waals surface area contributed by atoms with Gasteiger partial charge in [-0.25, -0.2) is 4.68 Å². The first-order valence-electron chi connectivity index (χ1n) is 6.89. The molecule has 0 aromatic carbocycles. The minimum atomic E-state index is -4.38. The quantitative estimate of drug-likeness (QED) is 0.649. The number of ether oxygens (including phenoxy) is 1. The largest absolute Gasteiger partial charge is 0.411 e. The lowest BCUT2D eigenvalue weighted by Crippen LogP contribution is -2.18. The molecule has 0 saturated carbocycles. The molecule has 0 radical (unpaired) electrons. The summed E-state index contributed by atoms with van der Waals surface area (Å²) in [5, 5.41) is 10.6. The molecule has 0 unspecified atom stereocenters. The number of halogens is 4. The minimum absolute atomic E-state index is 0.217. The van der Waals surface area contributed by atoms with E-state index in [0.717, 1.165) is 9.26 Å². The molecule has 132 valence electrons. The normalized spacial score (nSPS) is 11.7. The van der Waals surface area contributed by atoms with E-state index in [4.69, 9.17) is 0 Å². The van der Waals surface area contributed by atoms with Crippen LogP contribution in [0.5, 0.6) is 0 Å². The van der Waals surface area contributed by atoms with E-state index in [1.807, 2.05) is 6.92 Å². The number of hydrogen-bond donors (Lipinski definition) is 1. The van der Waals surface area contributed by atoms with E-state index in [2.05, 4.69) is 42.8 Å². The summed E-state index contributed by atoms with van der Waals surface area (Å²) in [5.41, 5.74) is 1.38. The molecule has 1 amide bonds. The Hall–Kier alpha value is -1.63. The summed E-state index contributed by atoms with van der Waals surface area (Å²) in [6, 6.07) is 0. The summed E-state index contributed by atoms with van der Waals surface area (Å²) in [4.78, 5) is 11.9. The second-order valence-electron chi connectivity index (χ2n) is 4.96. The van der Waals surface area contributed by atoms with Crippen LogP contribution in [0.1, 0.15) is 12.1 Å². The standard InChI is InChI=1S/C13H15F3IN5O2/c1-9-11(17)5-19-22(9)3-2-12(23)20-10-4-18-21(6-10)8-24-7-13(14,15)16/h4-6H,2-3,7-8H2,1H3,(H,20,23). The summed E-state index contributed by atoms with van der Waals surface area (Å²) < 4.78 is 44.3. The molecule has 2 rings (SSSR count). The van der Waals surface area contributed by atoms with Crippen molar-refractivity contribution in [2.24, 2.45) is 0 Å². The minimum Gasteiger partial charge on any atom is -0.350 e. The highest BCUT2D eigenvalue weighted by atomic mass is 127. The van der Waals surface area contributed by atoms with Gasteiger partial charge >= 0.3 is 6.18 Å². The molecule has 0 aliphatic rings. The van der Waals surface area contributed by atoms with E-state index in [9.17, 15) is 18.0 Å². The summed E-state index contributed by atoms with van der Waals surface area (Å²) >= 11 is 2.16. The zero-order valence-electron chi connectivity index (χ0n) is 12.7. The number of anilines is 1. The van der Waals surface area contributed by atoms with Gasteiger partial charge in [-0.2, -0.15) is 23.4 Å². The number of alkyl halides is 3. The molecule has 0 bridgehead atoms. The first kappa shape index (κ1) is 18.7. The van der Waals surface area contributed by atoms with Crippen LogP contribution in [0.4, 0.5) is 18.9 Å². The molecule has 11 heteroatoms. The Kier molecular flexibility index (Phi) is 6.21. The Morgan fingerprint density at radius 2 is 2.12 bits per heavy atom. The van der Waals surface area contributed by atoms with Crippen molar-refractivity contribution in [3.8, 4) is 0 Å². The number of aromatic nitrogens is 4. The van der Waals surface area contributed by atoms with Crippen molar-refractivity contribution in [3.05, 3.63) is 27.9 Å². The van der Waals surface area contributed by atoms with Gasteiger partial charge in [0, 0.05) is 12.1 Å². The molecule has 2 aromatic rings. The number of amides is 1. The first-order chi connectivity index (χ1) is 11.2. The summed E-state index contributed by atoms with van der Waals surface area (Å²) in [7, 11) is 0. The Morgan fingerprint density at radius 1 is 1.38 bits per heavy atom. The van der Waals surface area contributed by atoms with Gasteiger partial charge in [0.15, 0.2) is 0 Å². The molecule has 7 nitrogen and oxygen atoms in total. The fraction of sp³-hybridized carbons (Fsp3) is 0.462. The van der Waals surface area contributed by atoms with Crippen LogP contribution >= 0.6 is 22.6 Å². The average molecular weight is 457 g/mol. The number of carbonyl (C=O) groups excluding carboxylic acids is 1. The van der Waals surface area contributed by atoms with E-state index in [0.29, 0.717) is 12.2 Å². The lowest BCUT2D eigenvalue weighted by Gasteiger charge is -2.07. The molecule has 2 heterocycles. The fourth-order valence-electron chi connectivity index (χ4n) is 1.83. The van der Waals surface area contributed by atoms with Crippen molar-refractivity contribution in [2.45, 2.75) is 32.8 Å². The van der Waals surface area contributed by atoms with Gasteiger partial charge in [-0.1, -0.05) is 0 Å². The molecule has 1 N–H and O–H groups in total. The van der Waals surface area contributed by atoms with Crippen LogP contribution in [0.15, 0.2) is 18.6 Å². The smallest absolute Gasteiger partial charge is 0.350 e. The predicted molar refractivity (Wildman–Crippen MR) is 87.2 cm³/mol. The zero-order chi connectivity index (χ0) is 17.7. The Bertz CT molecular complexity index is 698. The van der Waals surface area contributed by atoms with Crippen LogP contribution in [0.2, 0.25) is 0 Å². The maximum atomic E-state index is 12.0. The van der Waals surface area contributed by atoms with Gasteiger partial charge in [0.25, 0.3) is 0 Å². The third-order valence-electron chi connectivity index (χ3n) is 3.00. The van der Waals surface area contributed by atoms with E-state index in [1.165, 1.54) is 17.1 Å². The van der Waals surface area contributed by atoms with Gasteiger partial charge in [-0.15, -0.1) is 0 Å². The highest BCUT2D eigenvalue weighted by Crippen LogP contribution is 2.15. The number of carbonyl (C=O) groups is 1. The SMILES string of the molecule is Cc1c(I)cnn1CCC(=O)Nc1cnn(COCC(F)(F)F)c1. The van der Waals surface area contributed by atoms with Gasteiger partial charge in [-0.3, -0.25) is 9.48 Å². The van der Waals surface area contributed by atoms with Crippen LogP contribution in [0.25, 0.3) is 0 Å². The number of nitrogens with one attached hydrogen (secondary N) is 1. The van der Waals surface area contributed by atoms with Crippen LogP contribution in [0.3, 0.4) is 0 Å². The van der Waals surface area contributed by atoms with Crippen molar-refractivity contribution in [2.75, 3.05) is 11.9 Å². The molecule has 0 fully saturated rings. The van der Waals surface area contributed by atoms with E-state index in [1.54, 1.807) is 10.9 Å². The van der Waals surface area contributed by atoms with Crippen molar-refractivity contribution in [3.63, 3.8) is 0 Å². The molecule has 0 spiro atoms. The van der Waals surface area contributed by atoms with Gasteiger partial charge in [0.1, 0.15) is 13.3 Å². The van der Waals surface area contributed by atoms with E-state index < -0.39 is 12.8 Å². The van der Waals surface area contributed by atoms with E-state index >= 15 is 0 Å². The molecule has 0 atom stereocenters. The zero-order valence-corrected chi connectivity index (χ0v) is 14.8. The number of nitrogens with zero attached hydrogens (tertiary/aromatic N) is 4. The third-order valence-corrected chi connectivity index (χ3v) is 4.06. The Morgan fingerprint density at radius 3 is 2.75 bits per heavy atom. The maximum absolute atomic E-state index is 12.0. The lowest BCUT2D eigenvalue weighted by molar-refractivity contribution is -0.182. The second-order valence-corrected chi connectivity index (χ2v) is 6.12.